The molecule has 50 heteroatoms. The van der Waals surface area contributed by atoms with Crippen LogP contribution in [0.4, 0.5) is 36.2 Å². The van der Waals surface area contributed by atoms with Gasteiger partial charge >= 0.3 is 11.5 Å². The van der Waals surface area contributed by atoms with E-state index in [1.165, 1.54) is 111 Å². The summed E-state index contributed by atoms with van der Waals surface area (Å²) < 4.78 is 44.9. The van der Waals surface area contributed by atoms with E-state index in [2.05, 4.69) is 193 Å². The number of ketones is 3. The molecule has 1 amide bonds. The number of carbonyl (C=O) groups excluding carboxylic acids is 5. The number of para-hydroxylation sites is 2. The van der Waals surface area contributed by atoms with E-state index in [0.29, 0.717) is 90.9 Å². The second-order valence-electron chi connectivity index (χ2n) is 31.1. The number of carbonyl (C=O) groups is 5. The highest BCUT2D eigenvalue weighted by atomic mass is 79.9. The Morgan fingerprint density at radius 1 is 0.413 bits per heavy atom. The van der Waals surface area contributed by atoms with E-state index >= 15 is 0 Å². The molecule has 2 aromatic carbocycles. The number of nitrogens with zero attached hydrogens (tertiary/aromatic N) is 29. The number of aryl methyl sites for hydroxylation is 4. The zero-order valence-electron chi connectivity index (χ0n) is 82.5. The number of hydrogen-bond donors (Lipinski definition) is 3. The van der Waals surface area contributed by atoms with Gasteiger partial charge in [0.15, 0.2) is 29.1 Å². The first kappa shape index (κ1) is 117. The minimum Gasteiger partial charge on any atom is -0.415 e. The second kappa shape index (κ2) is 59.4. The molecule has 16 rings (SSSR count). The smallest absolute Gasteiger partial charge is 0.415 e. The molecule has 0 aliphatic heterocycles. The van der Waals surface area contributed by atoms with Crippen LogP contribution in [0.3, 0.4) is 0 Å². The third-order valence-electron chi connectivity index (χ3n) is 20.9. The van der Waals surface area contributed by atoms with Crippen LogP contribution in [0.25, 0.3) is 33.9 Å². The van der Waals surface area contributed by atoms with Gasteiger partial charge in [0.05, 0.1) is 156 Å². The highest BCUT2D eigenvalue weighted by Crippen LogP contribution is 2.37. The molecule has 0 aliphatic rings. The first-order valence-corrected chi connectivity index (χ1v) is 49.0. The van der Waals surface area contributed by atoms with E-state index < -0.39 is 11.5 Å². The molecule has 14 heterocycles. The van der Waals surface area contributed by atoms with Crippen LogP contribution in [0.5, 0.6) is 11.5 Å². The molecule has 5 N–H and O–H groups in total. The van der Waals surface area contributed by atoms with Crippen LogP contribution in [0.15, 0.2) is 227 Å². The first-order chi connectivity index (χ1) is 72.2. The Morgan fingerprint density at radius 3 is 1.00 bits per heavy atom. The predicted molar refractivity (Wildman–Crippen MR) is 564 cm³/mol. The SMILES string of the molecule is COC(C)c1c(CC(=O)Cc2cnc(-n3nccn3)c(C#N)c2)cnc(C)c1Br.COC(C)c1c(N)cnc(C)c1Br.CO[C@@H](C)c1c(CC(=O)Cc2cnc(-n3nccn3)c(C#N)c2)cnc(C)c1Br.CO[C@H](C)c1c(CC(=O)Cc2cnc(-n3nccn3)c(C#N)c2)cnc(C)c1Br.CSF.N#Cc1cc(NC(=O)Oc2ccccc2)cnc1-n1nccn1.O=C(Cl)Oc1ccccc1.[C-]#[N+]c1cc(N)cnc1-n1nccn1. The zero-order chi connectivity index (χ0) is 109. The van der Waals surface area contributed by atoms with Crippen molar-refractivity contribution in [3.63, 3.8) is 0 Å². The summed E-state index contributed by atoms with van der Waals surface area (Å²) in [6, 6.07) is 33.5. The van der Waals surface area contributed by atoms with Gasteiger partial charge in [-0.15, -0.1) is 24.0 Å². The fourth-order valence-corrected chi connectivity index (χ4v) is 16.4. The van der Waals surface area contributed by atoms with Crippen molar-refractivity contribution in [1.29, 1.82) is 21.0 Å². The summed E-state index contributed by atoms with van der Waals surface area (Å²) in [5, 5.41) is 79.6. The number of amides is 1. The molecule has 0 saturated heterocycles. The zero-order valence-corrected chi connectivity index (χ0v) is 90.4. The van der Waals surface area contributed by atoms with Crippen LogP contribution in [0.1, 0.15) is 153 Å². The fraction of sp³-hybridized carbons (Fsp3) is 0.230. The summed E-state index contributed by atoms with van der Waals surface area (Å²) in [4.78, 5) is 108. The summed E-state index contributed by atoms with van der Waals surface area (Å²) >= 11 is 19.3. The average molecular weight is 2330 g/mol. The highest BCUT2D eigenvalue weighted by Gasteiger charge is 2.26. The third-order valence-corrected chi connectivity index (χ3v) is 25.0. The van der Waals surface area contributed by atoms with Crippen LogP contribution >= 0.6 is 87.5 Å². The van der Waals surface area contributed by atoms with Crippen molar-refractivity contribution in [2.24, 2.45) is 0 Å². The molecule has 0 aliphatic carbocycles. The summed E-state index contributed by atoms with van der Waals surface area (Å²) in [5.41, 5.74) is 25.0. The van der Waals surface area contributed by atoms with Crippen molar-refractivity contribution < 1.29 is 56.3 Å². The van der Waals surface area contributed by atoms with E-state index in [4.69, 9.17) is 53.3 Å². The number of rotatable bonds is 28. The number of nitrogens with two attached hydrogens (primary N) is 2. The Balaban J connectivity index is 0.000000198. The van der Waals surface area contributed by atoms with Crippen molar-refractivity contribution >= 4 is 139 Å². The summed E-state index contributed by atoms with van der Waals surface area (Å²) in [5.74, 6) is 2.50. The van der Waals surface area contributed by atoms with Crippen molar-refractivity contribution in [2.75, 3.05) is 51.5 Å². The van der Waals surface area contributed by atoms with Gasteiger partial charge in [0, 0.05) is 186 Å². The molecule has 0 fully saturated rings. The number of nitriles is 4. The molecule has 43 nitrogen and oxygen atoms in total. The average Bonchev–Trinajstić information content (AvgIpc) is 0.909. The number of halogens is 6. The van der Waals surface area contributed by atoms with E-state index in [1.54, 1.807) is 145 Å². The lowest BCUT2D eigenvalue weighted by molar-refractivity contribution is -0.118. The monoisotopic (exact) mass is 2320 g/mol. The Hall–Kier alpha value is -16.4. The normalized spacial score (nSPS) is 11.1. The Bertz CT molecular complexity index is 7090. The Morgan fingerprint density at radius 2 is 0.693 bits per heavy atom. The summed E-state index contributed by atoms with van der Waals surface area (Å²) in [6.07, 6.45) is 30.6. The van der Waals surface area contributed by atoms with Crippen LogP contribution in [0.2, 0.25) is 0 Å². The number of hydrogen-bond acceptors (Lipinski definition) is 37. The molecule has 14 aromatic heterocycles. The number of benzene rings is 2. The molecule has 2 unspecified atom stereocenters. The van der Waals surface area contributed by atoms with Crippen molar-refractivity contribution in [2.45, 2.75) is 118 Å². The molecule has 0 spiro atoms. The van der Waals surface area contributed by atoms with Gasteiger partial charge in [-0.05, 0) is 207 Å². The van der Waals surface area contributed by atoms with Gasteiger partial charge in [0.2, 0.25) is 5.69 Å². The highest BCUT2D eigenvalue weighted by molar-refractivity contribution is 9.11. The standard InChI is InChI=1S/3C20H19BrN6O2.C15H10N6O2.C9H13BrN2O.C8H6N6.C7H5ClO2.CH3FS/c3*1-12-19(21)18(13(2)29-3)16(11-23-12)8-17(28)7-14-6-15(9-22)20(24-10-14)27-25-4-5-26-27;16-9-11-8-12(10-17-14(11)21-18-6-7-19-21)20-15(22)23-13-4-2-1-3-5-13;1-5-9(10)8(6(2)13-3)7(11)4-12-5;1-10-7-4-6(9)5-11-8(7)14-12-2-3-13-14;8-7(9)10-6-4-2-1-3-5-6;1-3-2/h3*4-6,10-11,13H,7-8H2,1-3H3;1-8,10H,(H,20,22);4,6H,11H2,1-3H3;2-5H,9H2;1-5H;1H3/t2*13-;;;;;;/m10....../s1. The Labute approximate surface area is 903 Å². The van der Waals surface area contributed by atoms with Crippen LogP contribution < -0.4 is 26.3 Å². The number of nitrogen functional groups attached to an aromatic ring is 2. The summed E-state index contributed by atoms with van der Waals surface area (Å²) in [7, 11) is 6.54. The Kier molecular flexibility index (Phi) is 46.4. The maximum atomic E-state index is 12.7. The van der Waals surface area contributed by atoms with Gasteiger partial charge in [-0.25, -0.2) is 39.4 Å². The topological polar surface area (TPSA) is 574 Å². The lowest BCUT2D eigenvalue weighted by Gasteiger charge is -2.18. The molecule has 768 valence electrons. The van der Waals surface area contributed by atoms with Crippen molar-refractivity contribution in [3.05, 3.63) is 339 Å². The van der Waals surface area contributed by atoms with Gasteiger partial charge in [0.25, 0.3) is 0 Å². The summed E-state index contributed by atoms with van der Waals surface area (Å²) in [6.45, 7) is 22.3. The lowest BCUT2D eigenvalue weighted by Crippen LogP contribution is -2.17. The largest absolute Gasteiger partial charge is 0.417 e. The molecular weight excluding hydrogens is 2230 g/mol. The minimum atomic E-state index is -0.814. The van der Waals surface area contributed by atoms with Gasteiger partial charge in [-0.2, -0.15) is 75.9 Å². The van der Waals surface area contributed by atoms with Crippen molar-refractivity contribution in [3.8, 4) is 64.9 Å². The number of methoxy groups -OCH3 is 4. The lowest BCUT2D eigenvalue weighted by atomic mass is 9.97. The predicted octanol–water partition coefficient (Wildman–Crippen LogP) is 18.2. The molecule has 4 atom stereocenters. The first-order valence-electron chi connectivity index (χ1n) is 44.3. The van der Waals surface area contributed by atoms with Gasteiger partial charge in [-0.3, -0.25) is 39.6 Å². The quantitative estimate of drug-likeness (QED) is 0.0303. The van der Waals surface area contributed by atoms with E-state index in [-0.39, 0.29) is 104 Å². The number of anilines is 3. The van der Waals surface area contributed by atoms with E-state index in [1.807, 2.05) is 73.6 Å². The maximum absolute atomic E-state index is 12.7. The number of pyridine rings is 9. The van der Waals surface area contributed by atoms with Crippen LogP contribution in [0, 0.1) is 79.6 Å². The molecule has 150 heavy (non-hydrogen) atoms. The molecule has 0 radical (unpaired) electrons. The minimum absolute atomic E-state index is 0.0113. The van der Waals surface area contributed by atoms with E-state index in [0.717, 1.165) is 79.6 Å². The second-order valence-corrected chi connectivity index (χ2v) is 34.9. The van der Waals surface area contributed by atoms with Crippen molar-refractivity contribution in [1.82, 2.24) is 120 Å². The van der Waals surface area contributed by atoms with Gasteiger partial charge in [-0.1, -0.05) is 36.4 Å². The van der Waals surface area contributed by atoms with Crippen LogP contribution in [-0.4, -0.2) is 183 Å². The molecular formula is C100H94Br4ClFN32O11S. The van der Waals surface area contributed by atoms with Gasteiger partial charge < -0.3 is 39.9 Å². The number of nitrogens with one attached hydrogen (secondary N) is 1. The molecule has 0 bridgehead atoms. The number of aromatic nitrogens is 24. The molecule has 16 aromatic rings. The maximum Gasteiger partial charge on any atom is 0.417 e. The third kappa shape index (κ3) is 33.8. The number of ether oxygens (including phenoxy) is 6. The molecule has 0 saturated carbocycles. The van der Waals surface area contributed by atoms with Gasteiger partial charge in [0.1, 0.15) is 58.7 Å². The van der Waals surface area contributed by atoms with Crippen LogP contribution in [-0.2, 0) is 71.9 Å². The van der Waals surface area contributed by atoms with E-state index in [9.17, 15) is 48.9 Å². The fourth-order valence-electron chi connectivity index (χ4n) is 13.6. The number of Topliss-reactive ketones (excluding diaryl/α,β-unsaturated/α-hetero) is 3.